The number of urea groups is 1. The number of thiazole rings is 1. The molecule has 4 nitrogen and oxygen atoms in total. The van der Waals surface area contributed by atoms with E-state index in [1.807, 2.05) is 5.38 Å². The summed E-state index contributed by atoms with van der Waals surface area (Å²) in [4.78, 5) is 15.7. The molecule has 0 saturated carbocycles. The molecule has 1 aromatic carbocycles. The first-order valence-corrected chi connectivity index (χ1v) is 6.68. The number of anilines is 1. The minimum atomic E-state index is -0.242. The van der Waals surface area contributed by atoms with Crippen molar-refractivity contribution in [1.82, 2.24) is 10.3 Å². The number of halogens is 1. The second-order valence-electron chi connectivity index (χ2n) is 3.57. The minimum Gasteiger partial charge on any atom is -0.337 e. The maximum Gasteiger partial charge on any atom is 0.319 e. The molecule has 1 aromatic heterocycles. The van der Waals surface area contributed by atoms with Crippen molar-refractivity contribution in [2.45, 2.75) is 6.42 Å². The molecule has 2 N–H and O–H groups in total. The number of benzene rings is 1. The van der Waals surface area contributed by atoms with Crippen molar-refractivity contribution in [2.24, 2.45) is 0 Å². The van der Waals surface area contributed by atoms with Gasteiger partial charge < -0.3 is 10.6 Å². The Balaban J connectivity index is 1.75. The molecule has 0 aliphatic heterocycles. The summed E-state index contributed by atoms with van der Waals surface area (Å²) in [6.45, 7) is 0.555. The molecular formula is C12H12ClN3OS. The van der Waals surface area contributed by atoms with Crippen molar-refractivity contribution in [2.75, 3.05) is 11.9 Å². The fraction of sp³-hybridized carbons (Fsp3) is 0.167. The van der Waals surface area contributed by atoms with Crippen molar-refractivity contribution in [3.05, 3.63) is 45.9 Å². The first kappa shape index (κ1) is 12.9. The number of hydrogen-bond donors (Lipinski definition) is 2. The molecule has 2 rings (SSSR count). The van der Waals surface area contributed by atoms with E-state index < -0.39 is 0 Å². The van der Waals surface area contributed by atoms with Crippen LogP contribution in [0.5, 0.6) is 0 Å². The van der Waals surface area contributed by atoms with Crippen LogP contribution < -0.4 is 10.6 Å². The molecular weight excluding hydrogens is 270 g/mol. The number of nitrogens with zero attached hydrogens (tertiary/aromatic N) is 1. The van der Waals surface area contributed by atoms with Gasteiger partial charge in [-0.3, -0.25) is 0 Å². The van der Waals surface area contributed by atoms with Crippen molar-refractivity contribution < 1.29 is 4.79 Å². The van der Waals surface area contributed by atoms with Crippen molar-refractivity contribution >= 4 is 34.7 Å². The quantitative estimate of drug-likeness (QED) is 0.904. The highest BCUT2D eigenvalue weighted by molar-refractivity contribution is 7.09. The van der Waals surface area contributed by atoms with Crippen LogP contribution in [0.2, 0.25) is 5.02 Å². The predicted octanol–water partition coefficient (Wildman–Crippen LogP) is 3.16. The molecule has 0 spiro atoms. The summed E-state index contributed by atoms with van der Waals surface area (Å²) in [7, 11) is 0. The van der Waals surface area contributed by atoms with Gasteiger partial charge in [0.15, 0.2) is 0 Å². The Morgan fingerprint density at radius 3 is 3.06 bits per heavy atom. The van der Waals surface area contributed by atoms with E-state index in [9.17, 15) is 4.79 Å². The zero-order chi connectivity index (χ0) is 12.8. The number of carbonyl (C=O) groups excluding carboxylic acids is 1. The lowest BCUT2D eigenvalue weighted by molar-refractivity contribution is 0.252. The van der Waals surface area contributed by atoms with E-state index in [0.29, 0.717) is 17.3 Å². The Labute approximate surface area is 114 Å². The van der Waals surface area contributed by atoms with Gasteiger partial charge in [-0.2, -0.15) is 0 Å². The molecule has 0 atom stereocenters. The Bertz CT molecular complexity index is 516. The maximum absolute atomic E-state index is 11.6. The number of carbonyl (C=O) groups is 1. The van der Waals surface area contributed by atoms with Crippen molar-refractivity contribution in [3.8, 4) is 0 Å². The van der Waals surface area contributed by atoms with Crippen LogP contribution >= 0.6 is 22.9 Å². The standard InChI is InChI=1S/C12H12ClN3OS/c13-9-2-1-3-10(8-9)16-12(17)15-5-4-11-14-6-7-18-11/h1-3,6-8H,4-5H2,(H2,15,16,17). The molecule has 2 aromatic rings. The predicted molar refractivity (Wildman–Crippen MR) is 74.3 cm³/mol. The van der Waals surface area contributed by atoms with Gasteiger partial charge in [0.2, 0.25) is 0 Å². The number of hydrogen-bond acceptors (Lipinski definition) is 3. The molecule has 0 radical (unpaired) electrons. The van der Waals surface area contributed by atoms with Crippen LogP contribution in [0.3, 0.4) is 0 Å². The lowest BCUT2D eigenvalue weighted by Gasteiger charge is -2.06. The Hall–Kier alpha value is -1.59. The number of nitrogens with one attached hydrogen (secondary N) is 2. The van der Waals surface area contributed by atoms with E-state index >= 15 is 0 Å². The Kier molecular flexibility index (Phi) is 4.55. The second kappa shape index (κ2) is 6.37. The van der Waals surface area contributed by atoms with E-state index in [0.717, 1.165) is 11.4 Å². The first-order valence-electron chi connectivity index (χ1n) is 5.43. The molecule has 2 amide bonds. The summed E-state index contributed by atoms with van der Waals surface area (Å²) >= 11 is 7.40. The zero-order valence-electron chi connectivity index (χ0n) is 9.52. The highest BCUT2D eigenvalue weighted by atomic mass is 35.5. The van der Waals surface area contributed by atoms with Crippen LogP contribution in [-0.4, -0.2) is 17.6 Å². The van der Waals surface area contributed by atoms with Gasteiger partial charge in [0.25, 0.3) is 0 Å². The molecule has 94 valence electrons. The van der Waals surface area contributed by atoms with Gasteiger partial charge in [0.05, 0.1) is 5.01 Å². The van der Waals surface area contributed by atoms with Crippen molar-refractivity contribution in [1.29, 1.82) is 0 Å². The van der Waals surface area contributed by atoms with Gasteiger partial charge >= 0.3 is 6.03 Å². The average Bonchev–Trinajstić information content (AvgIpc) is 2.82. The third-order valence-electron chi connectivity index (χ3n) is 2.19. The number of rotatable bonds is 4. The van der Waals surface area contributed by atoms with Gasteiger partial charge in [-0.15, -0.1) is 11.3 Å². The van der Waals surface area contributed by atoms with Gasteiger partial charge in [-0.25, -0.2) is 9.78 Å². The van der Waals surface area contributed by atoms with Gasteiger partial charge in [-0.05, 0) is 18.2 Å². The van der Waals surface area contributed by atoms with Crippen LogP contribution in [-0.2, 0) is 6.42 Å². The maximum atomic E-state index is 11.6. The highest BCUT2D eigenvalue weighted by Crippen LogP contribution is 2.14. The molecule has 0 bridgehead atoms. The monoisotopic (exact) mass is 281 g/mol. The first-order chi connectivity index (χ1) is 8.74. The van der Waals surface area contributed by atoms with Gasteiger partial charge in [0.1, 0.15) is 0 Å². The molecule has 0 aliphatic rings. The van der Waals surface area contributed by atoms with Crippen LogP contribution in [0.15, 0.2) is 35.8 Å². The third-order valence-corrected chi connectivity index (χ3v) is 3.26. The Morgan fingerprint density at radius 1 is 1.44 bits per heavy atom. The van der Waals surface area contributed by atoms with E-state index in [-0.39, 0.29) is 6.03 Å². The van der Waals surface area contributed by atoms with E-state index in [2.05, 4.69) is 15.6 Å². The summed E-state index contributed by atoms with van der Waals surface area (Å²) < 4.78 is 0. The molecule has 0 saturated heterocycles. The topological polar surface area (TPSA) is 54.0 Å². The van der Waals surface area contributed by atoms with Gasteiger partial charge in [0, 0.05) is 35.3 Å². The fourth-order valence-corrected chi connectivity index (χ4v) is 2.21. The minimum absolute atomic E-state index is 0.242. The molecule has 0 fully saturated rings. The second-order valence-corrected chi connectivity index (χ2v) is 4.98. The van der Waals surface area contributed by atoms with E-state index in [1.165, 1.54) is 0 Å². The Morgan fingerprint density at radius 2 is 2.33 bits per heavy atom. The van der Waals surface area contributed by atoms with Crippen LogP contribution in [0.1, 0.15) is 5.01 Å². The zero-order valence-corrected chi connectivity index (χ0v) is 11.1. The van der Waals surface area contributed by atoms with Crippen LogP contribution in [0.25, 0.3) is 0 Å². The van der Waals surface area contributed by atoms with Crippen LogP contribution in [0, 0.1) is 0 Å². The number of aromatic nitrogens is 1. The lowest BCUT2D eigenvalue weighted by Crippen LogP contribution is -2.30. The fourth-order valence-electron chi connectivity index (χ4n) is 1.40. The smallest absolute Gasteiger partial charge is 0.319 e. The summed E-state index contributed by atoms with van der Waals surface area (Å²) in [5.41, 5.74) is 0.675. The summed E-state index contributed by atoms with van der Waals surface area (Å²) in [6, 6.07) is 6.78. The number of amides is 2. The average molecular weight is 282 g/mol. The largest absolute Gasteiger partial charge is 0.337 e. The van der Waals surface area contributed by atoms with Gasteiger partial charge in [-0.1, -0.05) is 17.7 Å². The summed E-state index contributed by atoms with van der Waals surface area (Å²) in [6.07, 6.45) is 2.49. The molecule has 18 heavy (non-hydrogen) atoms. The van der Waals surface area contributed by atoms with E-state index in [1.54, 1.807) is 41.8 Å². The third kappa shape index (κ3) is 4.01. The SMILES string of the molecule is O=C(NCCc1nccs1)Nc1cccc(Cl)c1. The normalized spacial score (nSPS) is 10.1. The molecule has 0 unspecified atom stereocenters. The summed E-state index contributed by atoms with van der Waals surface area (Å²) in [5, 5.41) is 9.00. The molecule has 6 heteroatoms. The molecule has 1 heterocycles. The van der Waals surface area contributed by atoms with Crippen molar-refractivity contribution in [3.63, 3.8) is 0 Å². The highest BCUT2D eigenvalue weighted by Gasteiger charge is 2.02. The van der Waals surface area contributed by atoms with E-state index in [4.69, 9.17) is 11.6 Å². The summed E-state index contributed by atoms with van der Waals surface area (Å²) in [5.74, 6) is 0. The molecule has 0 aliphatic carbocycles. The van der Waals surface area contributed by atoms with Crippen LogP contribution in [0.4, 0.5) is 10.5 Å². The lowest BCUT2D eigenvalue weighted by atomic mass is 10.3.